The third-order valence-electron chi connectivity index (χ3n) is 1.07. The molecule has 0 heterocycles. The van der Waals surface area contributed by atoms with E-state index in [0.717, 1.165) is 12.8 Å². The second-order valence-corrected chi connectivity index (χ2v) is 6.57. The standard InChI is InChI=1S/C6H8Br2Cl2O/c1-2-3-6(7,8)4(9)5(10)11/h11H,2-3H2,1H3. The highest BCUT2D eigenvalue weighted by molar-refractivity contribution is 9.25. The Morgan fingerprint density at radius 2 is 1.91 bits per heavy atom. The Kier molecular flexibility index (Phi) is 5.44. The molecule has 0 saturated carbocycles. The van der Waals surface area contributed by atoms with E-state index in [-0.39, 0.29) is 10.3 Å². The molecule has 66 valence electrons. The molecule has 1 nitrogen and oxygen atoms in total. The number of rotatable bonds is 3. The highest BCUT2D eigenvalue weighted by Crippen LogP contribution is 2.42. The van der Waals surface area contributed by atoms with Crippen LogP contribution in [0.4, 0.5) is 0 Å². The number of halogens is 4. The van der Waals surface area contributed by atoms with Crippen molar-refractivity contribution in [2.24, 2.45) is 0 Å². The van der Waals surface area contributed by atoms with Crippen LogP contribution < -0.4 is 0 Å². The molecule has 0 atom stereocenters. The van der Waals surface area contributed by atoms with Gasteiger partial charge in [0.2, 0.25) is 5.22 Å². The smallest absolute Gasteiger partial charge is 0.201 e. The second-order valence-electron chi connectivity index (χ2n) is 2.06. The molecule has 0 aromatic rings. The lowest BCUT2D eigenvalue weighted by molar-refractivity contribution is 0.446. The van der Waals surface area contributed by atoms with E-state index in [4.69, 9.17) is 28.3 Å². The van der Waals surface area contributed by atoms with Gasteiger partial charge in [-0.3, -0.25) is 0 Å². The Hall–Kier alpha value is 1.08. The van der Waals surface area contributed by atoms with Gasteiger partial charge in [-0.05, 0) is 18.0 Å². The third kappa shape index (κ3) is 4.02. The zero-order valence-electron chi connectivity index (χ0n) is 5.87. The molecule has 0 saturated heterocycles. The van der Waals surface area contributed by atoms with Gasteiger partial charge in [0.05, 0.1) is 5.03 Å². The first kappa shape index (κ1) is 12.1. The van der Waals surface area contributed by atoms with Crippen LogP contribution in [0.15, 0.2) is 10.3 Å². The van der Waals surface area contributed by atoms with E-state index in [2.05, 4.69) is 31.9 Å². The number of allylic oxidation sites excluding steroid dienone is 1. The molecule has 1 N–H and O–H groups in total. The molecule has 0 aliphatic carbocycles. The maximum atomic E-state index is 8.84. The van der Waals surface area contributed by atoms with Crippen molar-refractivity contribution in [3.05, 3.63) is 10.3 Å². The van der Waals surface area contributed by atoms with Gasteiger partial charge < -0.3 is 5.11 Å². The first-order valence-electron chi connectivity index (χ1n) is 3.04. The van der Waals surface area contributed by atoms with Crippen molar-refractivity contribution in [3.63, 3.8) is 0 Å². The van der Waals surface area contributed by atoms with Crippen LogP contribution in [0.2, 0.25) is 0 Å². The van der Waals surface area contributed by atoms with Crippen LogP contribution in [0.1, 0.15) is 19.8 Å². The quantitative estimate of drug-likeness (QED) is 0.599. The van der Waals surface area contributed by atoms with Gasteiger partial charge in [0.25, 0.3) is 0 Å². The van der Waals surface area contributed by atoms with Gasteiger partial charge in [-0.25, -0.2) is 0 Å². The van der Waals surface area contributed by atoms with Gasteiger partial charge in [-0.15, -0.1) is 0 Å². The van der Waals surface area contributed by atoms with Crippen molar-refractivity contribution in [1.82, 2.24) is 0 Å². The lowest BCUT2D eigenvalue weighted by Gasteiger charge is -2.18. The van der Waals surface area contributed by atoms with Crippen LogP contribution in [0, 0.1) is 0 Å². The molecule has 0 rings (SSSR count). The van der Waals surface area contributed by atoms with Crippen molar-refractivity contribution in [2.75, 3.05) is 0 Å². The molecule has 11 heavy (non-hydrogen) atoms. The number of alkyl halides is 2. The molecule has 0 aromatic heterocycles. The van der Waals surface area contributed by atoms with Crippen LogP contribution in [0.5, 0.6) is 0 Å². The summed E-state index contributed by atoms with van der Waals surface area (Å²) in [6.07, 6.45) is 1.68. The molecule has 0 bridgehead atoms. The largest absolute Gasteiger partial charge is 0.498 e. The van der Waals surface area contributed by atoms with Gasteiger partial charge in [0.1, 0.15) is 3.23 Å². The summed E-state index contributed by atoms with van der Waals surface area (Å²) in [7, 11) is 0. The number of aliphatic hydroxyl groups excluding tert-OH is 1. The first-order chi connectivity index (χ1) is 4.91. The molecule has 0 aromatic carbocycles. The van der Waals surface area contributed by atoms with Crippen LogP contribution in [0.25, 0.3) is 0 Å². The second kappa shape index (κ2) is 4.95. The average molecular weight is 327 g/mol. The van der Waals surface area contributed by atoms with E-state index >= 15 is 0 Å². The summed E-state index contributed by atoms with van der Waals surface area (Å²) in [5.41, 5.74) is 0. The minimum Gasteiger partial charge on any atom is -0.498 e. The average Bonchev–Trinajstić information content (AvgIpc) is 1.86. The zero-order chi connectivity index (χ0) is 9.07. The molecular formula is C6H8Br2Cl2O. The summed E-state index contributed by atoms with van der Waals surface area (Å²) in [6, 6.07) is 0. The summed E-state index contributed by atoms with van der Waals surface area (Å²) < 4.78 is -0.581. The number of hydrogen-bond acceptors (Lipinski definition) is 1. The zero-order valence-corrected chi connectivity index (χ0v) is 10.6. The van der Waals surface area contributed by atoms with Gasteiger partial charge in [0.15, 0.2) is 0 Å². The molecular weight excluding hydrogens is 319 g/mol. The van der Waals surface area contributed by atoms with Gasteiger partial charge in [-0.2, -0.15) is 0 Å². The Morgan fingerprint density at radius 3 is 2.18 bits per heavy atom. The Balaban J connectivity index is 4.42. The Bertz CT molecular complexity index is 164. The minimum absolute atomic E-state index is 0.181. The van der Waals surface area contributed by atoms with E-state index in [1.165, 1.54) is 0 Å². The first-order valence-corrected chi connectivity index (χ1v) is 5.38. The Labute approximate surface area is 93.0 Å². The number of hydrogen-bond donors (Lipinski definition) is 1. The molecule has 0 spiro atoms. The fourth-order valence-corrected chi connectivity index (χ4v) is 2.23. The summed E-state index contributed by atoms with van der Waals surface area (Å²) >= 11 is 17.6. The molecule has 0 aliphatic heterocycles. The van der Waals surface area contributed by atoms with Crippen LogP contribution in [-0.4, -0.2) is 8.34 Å². The highest BCUT2D eigenvalue weighted by Gasteiger charge is 2.28. The summed E-state index contributed by atoms with van der Waals surface area (Å²) in [5.74, 6) is 0. The number of aliphatic hydroxyl groups is 1. The Morgan fingerprint density at radius 1 is 1.45 bits per heavy atom. The van der Waals surface area contributed by atoms with Crippen LogP contribution in [-0.2, 0) is 0 Å². The van der Waals surface area contributed by atoms with E-state index in [1.54, 1.807) is 0 Å². The lowest BCUT2D eigenvalue weighted by Crippen LogP contribution is -2.11. The van der Waals surface area contributed by atoms with Gasteiger partial charge in [0, 0.05) is 0 Å². The van der Waals surface area contributed by atoms with Crippen molar-refractivity contribution in [3.8, 4) is 0 Å². The SMILES string of the molecule is CCCC(Br)(Br)C(Cl)=C(O)Cl. The summed E-state index contributed by atoms with van der Waals surface area (Å²) in [4.78, 5) is 0. The fourth-order valence-electron chi connectivity index (χ4n) is 0.575. The fraction of sp³-hybridized carbons (Fsp3) is 0.667. The molecule has 0 unspecified atom stereocenters. The van der Waals surface area contributed by atoms with Gasteiger partial charge in [-0.1, -0.05) is 56.8 Å². The molecule has 0 amide bonds. The summed E-state index contributed by atoms with van der Waals surface area (Å²) in [6.45, 7) is 2.01. The monoisotopic (exact) mass is 324 g/mol. The predicted octanol–water partition coefficient (Wildman–Crippen LogP) is 4.48. The lowest BCUT2D eigenvalue weighted by atomic mass is 10.2. The van der Waals surface area contributed by atoms with E-state index in [1.807, 2.05) is 6.92 Å². The molecule has 0 radical (unpaired) electrons. The molecule has 0 fully saturated rings. The minimum atomic E-state index is -0.581. The topological polar surface area (TPSA) is 20.2 Å². The molecule has 5 heteroatoms. The predicted molar refractivity (Wildman–Crippen MR) is 56.9 cm³/mol. The van der Waals surface area contributed by atoms with E-state index < -0.39 is 3.23 Å². The van der Waals surface area contributed by atoms with Crippen molar-refractivity contribution >= 4 is 55.1 Å². The van der Waals surface area contributed by atoms with Gasteiger partial charge >= 0.3 is 0 Å². The van der Waals surface area contributed by atoms with Crippen molar-refractivity contribution < 1.29 is 5.11 Å². The molecule has 0 aliphatic rings. The van der Waals surface area contributed by atoms with Crippen LogP contribution in [0.3, 0.4) is 0 Å². The highest BCUT2D eigenvalue weighted by atomic mass is 79.9. The van der Waals surface area contributed by atoms with E-state index in [0.29, 0.717) is 0 Å². The summed E-state index contributed by atoms with van der Waals surface area (Å²) in [5, 5.41) is 8.64. The van der Waals surface area contributed by atoms with Crippen molar-refractivity contribution in [2.45, 2.75) is 23.0 Å². The van der Waals surface area contributed by atoms with Crippen molar-refractivity contribution in [1.29, 1.82) is 0 Å². The maximum Gasteiger partial charge on any atom is 0.201 e. The third-order valence-corrected chi connectivity index (χ3v) is 3.90. The van der Waals surface area contributed by atoms with E-state index in [9.17, 15) is 0 Å². The normalized spacial score (nSPS) is 14.6. The maximum absolute atomic E-state index is 8.84. The van der Waals surface area contributed by atoms with Crippen LogP contribution >= 0.6 is 55.1 Å².